The third-order valence-corrected chi connectivity index (χ3v) is 3.95. The van der Waals surface area contributed by atoms with Gasteiger partial charge >= 0.3 is 0 Å². The minimum atomic E-state index is -0.0632. The SMILES string of the molecule is COc1ccc(C=NN=C(N)SCc2ccccc2)c(OCC#N)c1. The Morgan fingerprint density at radius 3 is 2.80 bits per heavy atom. The molecule has 25 heavy (non-hydrogen) atoms. The van der Waals surface area contributed by atoms with Crippen LogP contribution in [-0.2, 0) is 5.75 Å². The zero-order valence-corrected chi connectivity index (χ0v) is 14.6. The number of benzene rings is 2. The first-order valence-electron chi connectivity index (χ1n) is 7.44. The number of nitrogens with two attached hydrogens (primary N) is 1. The molecule has 0 aliphatic carbocycles. The average Bonchev–Trinajstić information content (AvgIpc) is 2.66. The molecule has 2 rings (SSSR count). The molecule has 0 bridgehead atoms. The molecule has 128 valence electrons. The van der Waals surface area contributed by atoms with Gasteiger partial charge in [0.1, 0.15) is 17.6 Å². The van der Waals surface area contributed by atoms with Crippen molar-refractivity contribution in [1.82, 2.24) is 0 Å². The van der Waals surface area contributed by atoms with Crippen molar-refractivity contribution >= 4 is 23.1 Å². The van der Waals surface area contributed by atoms with E-state index in [0.29, 0.717) is 22.2 Å². The van der Waals surface area contributed by atoms with Crippen LogP contribution < -0.4 is 15.2 Å². The van der Waals surface area contributed by atoms with Gasteiger partial charge in [-0.25, -0.2) is 0 Å². The van der Waals surface area contributed by atoms with Gasteiger partial charge < -0.3 is 15.2 Å². The highest BCUT2D eigenvalue weighted by Gasteiger charge is 2.04. The maximum absolute atomic E-state index is 8.67. The van der Waals surface area contributed by atoms with E-state index in [0.717, 1.165) is 11.3 Å². The summed E-state index contributed by atoms with van der Waals surface area (Å²) < 4.78 is 10.5. The molecule has 2 N–H and O–H groups in total. The van der Waals surface area contributed by atoms with Gasteiger partial charge in [0.2, 0.25) is 0 Å². The van der Waals surface area contributed by atoms with Crippen molar-refractivity contribution in [3.63, 3.8) is 0 Å². The van der Waals surface area contributed by atoms with E-state index in [1.165, 1.54) is 18.0 Å². The molecular formula is C18H18N4O2S. The third kappa shape index (κ3) is 6.20. The van der Waals surface area contributed by atoms with E-state index in [1.54, 1.807) is 25.3 Å². The molecule has 0 radical (unpaired) electrons. The van der Waals surface area contributed by atoms with Gasteiger partial charge in [-0.15, -0.1) is 5.10 Å². The normalized spacial score (nSPS) is 11.3. The molecule has 0 saturated heterocycles. The monoisotopic (exact) mass is 354 g/mol. The van der Waals surface area contributed by atoms with E-state index < -0.39 is 0 Å². The molecule has 0 heterocycles. The minimum absolute atomic E-state index is 0.0632. The predicted molar refractivity (Wildman–Crippen MR) is 101 cm³/mol. The number of methoxy groups -OCH3 is 1. The first-order valence-corrected chi connectivity index (χ1v) is 8.42. The second kappa shape index (κ2) is 10.0. The Bertz CT molecular complexity index is 785. The topological polar surface area (TPSA) is 93.0 Å². The molecule has 0 atom stereocenters. The first kappa shape index (κ1) is 18.4. The van der Waals surface area contributed by atoms with Crippen LogP contribution in [-0.4, -0.2) is 25.1 Å². The maximum Gasteiger partial charge on any atom is 0.180 e. The summed E-state index contributed by atoms with van der Waals surface area (Å²) in [6.45, 7) is -0.0632. The molecule has 0 spiro atoms. The molecular weight excluding hydrogens is 336 g/mol. The van der Waals surface area contributed by atoms with Crippen molar-refractivity contribution in [2.75, 3.05) is 13.7 Å². The summed E-state index contributed by atoms with van der Waals surface area (Å²) in [7, 11) is 1.56. The number of ether oxygens (including phenoxy) is 2. The number of thioether (sulfide) groups is 1. The fourth-order valence-corrected chi connectivity index (χ4v) is 2.50. The van der Waals surface area contributed by atoms with E-state index in [9.17, 15) is 0 Å². The lowest BCUT2D eigenvalue weighted by Gasteiger charge is -2.07. The van der Waals surface area contributed by atoms with E-state index in [1.807, 2.05) is 36.4 Å². The molecule has 0 amide bonds. The van der Waals surface area contributed by atoms with Gasteiger partial charge in [0.15, 0.2) is 11.8 Å². The largest absolute Gasteiger partial charge is 0.497 e. The van der Waals surface area contributed by atoms with Crippen LogP contribution in [0, 0.1) is 11.3 Å². The highest BCUT2D eigenvalue weighted by Crippen LogP contribution is 2.23. The predicted octanol–water partition coefficient (Wildman–Crippen LogP) is 3.18. The molecule has 0 fully saturated rings. The van der Waals surface area contributed by atoms with Gasteiger partial charge in [-0.2, -0.15) is 10.4 Å². The van der Waals surface area contributed by atoms with Crippen LogP contribution in [0.4, 0.5) is 0 Å². The smallest absolute Gasteiger partial charge is 0.180 e. The Morgan fingerprint density at radius 2 is 2.08 bits per heavy atom. The number of hydrogen-bond donors (Lipinski definition) is 1. The lowest BCUT2D eigenvalue weighted by molar-refractivity contribution is 0.361. The molecule has 0 aliphatic rings. The molecule has 0 aliphatic heterocycles. The van der Waals surface area contributed by atoms with Crippen molar-refractivity contribution in [2.45, 2.75) is 5.75 Å². The highest BCUT2D eigenvalue weighted by molar-refractivity contribution is 8.13. The Hall–Kier alpha value is -2.98. The summed E-state index contributed by atoms with van der Waals surface area (Å²) >= 11 is 1.41. The highest BCUT2D eigenvalue weighted by atomic mass is 32.2. The number of nitriles is 1. The number of nitrogens with zero attached hydrogens (tertiary/aromatic N) is 3. The van der Waals surface area contributed by atoms with Crippen molar-refractivity contribution in [1.29, 1.82) is 5.26 Å². The van der Waals surface area contributed by atoms with Gasteiger partial charge in [0, 0.05) is 17.4 Å². The molecule has 6 nitrogen and oxygen atoms in total. The second-order valence-corrected chi connectivity index (χ2v) is 5.80. The molecule has 2 aromatic rings. The Morgan fingerprint density at radius 1 is 1.28 bits per heavy atom. The first-order chi connectivity index (χ1) is 12.2. The molecule has 2 aromatic carbocycles. The number of rotatable bonds is 7. The summed E-state index contributed by atoms with van der Waals surface area (Å²) in [5, 5.41) is 17.0. The summed E-state index contributed by atoms with van der Waals surface area (Å²) in [5.74, 6) is 1.85. The minimum Gasteiger partial charge on any atom is -0.497 e. The Kier molecular flexibility index (Phi) is 7.35. The van der Waals surface area contributed by atoms with Crippen molar-refractivity contribution in [3.8, 4) is 17.6 Å². The standard InChI is InChI=1S/C18H18N4O2S/c1-23-16-8-7-15(17(11-16)24-10-9-19)12-21-22-18(20)25-13-14-5-3-2-4-6-14/h2-8,11-12H,10,13H2,1H3,(H2,20,22). The fourth-order valence-electron chi connectivity index (χ4n) is 1.89. The van der Waals surface area contributed by atoms with Crippen LogP contribution >= 0.6 is 11.8 Å². The summed E-state index contributed by atoms with van der Waals surface area (Å²) in [6, 6.07) is 17.2. The lowest BCUT2D eigenvalue weighted by Crippen LogP contribution is -2.06. The Balaban J connectivity index is 2.01. The van der Waals surface area contributed by atoms with Crippen LogP contribution in [0.1, 0.15) is 11.1 Å². The summed E-state index contributed by atoms with van der Waals surface area (Å²) in [4.78, 5) is 0. The van der Waals surface area contributed by atoms with Gasteiger partial charge in [-0.05, 0) is 17.7 Å². The average molecular weight is 354 g/mol. The van der Waals surface area contributed by atoms with Crippen LogP contribution in [0.15, 0.2) is 58.7 Å². The molecule has 0 unspecified atom stereocenters. The van der Waals surface area contributed by atoms with Crippen LogP contribution in [0.2, 0.25) is 0 Å². The van der Waals surface area contributed by atoms with Crippen LogP contribution in [0.3, 0.4) is 0 Å². The zero-order chi connectivity index (χ0) is 17.9. The molecule has 7 heteroatoms. The second-order valence-electron chi connectivity index (χ2n) is 4.81. The van der Waals surface area contributed by atoms with Gasteiger partial charge in [-0.3, -0.25) is 0 Å². The molecule has 0 aromatic heterocycles. The summed E-state index contributed by atoms with van der Waals surface area (Å²) in [6.07, 6.45) is 1.53. The van der Waals surface area contributed by atoms with Gasteiger partial charge in [0.05, 0.1) is 13.3 Å². The van der Waals surface area contributed by atoms with E-state index in [4.69, 9.17) is 20.5 Å². The quantitative estimate of drug-likeness (QED) is 0.468. The number of amidine groups is 1. The van der Waals surface area contributed by atoms with Gasteiger partial charge in [0.25, 0.3) is 0 Å². The van der Waals surface area contributed by atoms with Crippen LogP contribution in [0.5, 0.6) is 11.5 Å². The van der Waals surface area contributed by atoms with Crippen molar-refractivity contribution in [2.24, 2.45) is 15.9 Å². The summed E-state index contributed by atoms with van der Waals surface area (Å²) in [5.41, 5.74) is 7.70. The van der Waals surface area contributed by atoms with Crippen molar-refractivity contribution in [3.05, 3.63) is 59.7 Å². The third-order valence-electron chi connectivity index (χ3n) is 3.10. The van der Waals surface area contributed by atoms with E-state index in [2.05, 4.69) is 10.2 Å². The Labute approximate surface area is 151 Å². The number of hydrogen-bond acceptors (Lipinski definition) is 6. The van der Waals surface area contributed by atoms with Crippen molar-refractivity contribution < 1.29 is 9.47 Å². The fraction of sp³-hybridized carbons (Fsp3) is 0.167. The van der Waals surface area contributed by atoms with E-state index in [-0.39, 0.29) is 6.61 Å². The lowest BCUT2D eigenvalue weighted by atomic mass is 10.2. The maximum atomic E-state index is 8.67. The van der Waals surface area contributed by atoms with E-state index >= 15 is 0 Å². The van der Waals surface area contributed by atoms with Crippen LogP contribution in [0.25, 0.3) is 0 Å². The van der Waals surface area contributed by atoms with Gasteiger partial charge in [-0.1, -0.05) is 42.1 Å². The zero-order valence-electron chi connectivity index (χ0n) is 13.8. The molecule has 0 saturated carbocycles.